The molecule has 2 aromatic heterocycles. The number of carbonyl (C=O) groups is 2. The number of aryl methyl sites for hydroxylation is 1. The van der Waals surface area contributed by atoms with Crippen LogP contribution in [0.15, 0.2) is 33.5 Å². The molecule has 1 amide bonds. The summed E-state index contributed by atoms with van der Waals surface area (Å²) in [6.07, 6.45) is 2.69. The van der Waals surface area contributed by atoms with Crippen molar-refractivity contribution in [2.24, 2.45) is 5.92 Å². The molecule has 8 heteroatoms. The summed E-state index contributed by atoms with van der Waals surface area (Å²) in [5, 5.41) is 4.14. The highest BCUT2D eigenvalue weighted by atomic mass is 32.1. The van der Waals surface area contributed by atoms with Crippen molar-refractivity contribution in [3.63, 3.8) is 0 Å². The maximum Gasteiger partial charge on any atom is 0.341 e. The van der Waals surface area contributed by atoms with Gasteiger partial charge in [-0.3, -0.25) is 4.79 Å². The summed E-state index contributed by atoms with van der Waals surface area (Å²) in [4.78, 5) is 37.9. The minimum Gasteiger partial charge on any atom is -0.484 e. The summed E-state index contributed by atoms with van der Waals surface area (Å²) in [7, 11) is 0. The van der Waals surface area contributed by atoms with E-state index in [1.165, 1.54) is 17.4 Å². The molecule has 0 saturated carbocycles. The van der Waals surface area contributed by atoms with Crippen LogP contribution in [0.3, 0.4) is 0 Å². The van der Waals surface area contributed by atoms with Crippen molar-refractivity contribution < 1.29 is 23.5 Å². The highest BCUT2D eigenvalue weighted by Crippen LogP contribution is 2.40. The Labute approximate surface area is 189 Å². The molecule has 0 radical (unpaired) electrons. The summed E-state index contributed by atoms with van der Waals surface area (Å²) in [5.41, 5.74) is 2.23. The van der Waals surface area contributed by atoms with Crippen molar-refractivity contribution in [3.8, 4) is 5.75 Å². The zero-order chi connectivity index (χ0) is 22.8. The van der Waals surface area contributed by atoms with Crippen LogP contribution in [-0.4, -0.2) is 25.1 Å². The van der Waals surface area contributed by atoms with Crippen LogP contribution in [0.1, 0.15) is 46.6 Å². The van der Waals surface area contributed by atoms with Crippen LogP contribution in [0.5, 0.6) is 5.75 Å². The van der Waals surface area contributed by atoms with Gasteiger partial charge in [0.1, 0.15) is 16.3 Å². The molecule has 0 saturated heterocycles. The normalized spacial score (nSPS) is 15.3. The van der Waals surface area contributed by atoms with Crippen LogP contribution in [0.2, 0.25) is 0 Å². The quantitative estimate of drug-likeness (QED) is 0.435. The van der Waals surface area contributed by atoms with Gasteiger partial charge >= 0.3 is 11.6 Å². The summed E-state index contributed by atoms with van der Waals surface area (Å²) in [6.45, 7) is 5.80. The number of anilines is 1. The molecule has 0 bridgehead atoms. The molecule has 0 aliphatic heterocycles. The van der Waals surface area contributed by atoms with Crippen LogP contribution in [0, 0.1) is 12.8 Å². The number of ether oxygens (including phenoxy) is 2. The van der Waals surface area contributed by atoms with Crippen molar-refractivity contribution in [2.45, 2.75) is 40.0 Å². The molecule has 0 fully saturated rings. The van der Waals surface area contributed by atoms with Gasteiger partial charge < -0.3 is 19.2 Å². The van der Waals surface area contributed by atoms with Gasteiger partial charge in [0.2, 0.25) is 0 Å². The molecule has 1 atom stereocenters. The second-order valence-corrected chi connectivity index (χ2v) is 9.12. The van der Waals surface area contributed by atoms with Gasteiger partial charge in [-0.05, 0) is 62.3 Å². The summed E-state index contributed by atoms with van der Waals surface area (Å²) in [5.74, 6) is 0.162. The fourth-order valence-electron chi connectivity index (χ4n) is 3.96. The molecule has 0 unspecified atom stereocenters. The number of carbonyl (C=O) groups excluding carboxylic acids is 2. The first-order valence-corrected chi connectivity index (χ1v) is 11.5. The zero-order valence-electron chi connectivity index (χ0n) is 18.3. The first-order valence-electron chi connectivity index (χ1n) is 10.6. The van der Waals surface area contributed by atoms with E-state index in [1.54, 1.807) is 25.1 Å². The number of amides is 1. The van der Waals surface area contributed by atoms with Crippen molar-refractivity contribution in [1.82, 2.24) is 0 Å². The van der Waals surface area contributed by atoms with Gasteiger partial charge in [0.15, 0.2) is 6.61 Å². The lowest BCUT2D eigenvalue weighted by atomic mass is 9.88. The predicted octanol–water partition coefficient (Wildman–Crippen LogP) is 4.48. The van der Waals surface area contributed by atoms with Crippen LogP contribution >= 0.6 is 11.3 Å². The van der Waals surface area contributed by atoms with E-state index in [1.807, 2.05) is 6.92 Å². The molecule has 1 aromatic carbocycles. The standard InChI is InChI=1S/C24H25NO6S/c1-4-29-24(28)22-17-7-5-13(2)9-19(17)32-23(22)25-20(26)12-30-15-6-8-16-14(3)10-21(27)31-18(16)11-15/h6,8,10-11,13H,4-5,7,9,12H2,1-3H3,(H,25,26)/t13-/m1/s1. The predicted molar refractivity (Wildman–Crippen MR) is 123 cm³/mol. The maximum atomic E-state index is 12.6. The molecule has 7 nitrogen and oxygen atoms in total. The monoisotopic (exact) mass is 455 g/mol. The van der Waals surface area contributed by atoms with Gasteiger partial charge in [0.05, 0.1) is 12.2 Å². The van der Waals surface area contributed by atoms with E-state index in [-0.39, 0.29) is 19.1 Å². The van der Waals surface area contributed by atoms with E-state index in [4.69, 9.17) is 13.9 Å². The van der Waals surface area contributed by atoms with Gasteiger partial charge in [-0.2, -0.15) is 0 Å². The van der Waals surface area contributed by atoms with Crippen LogP contribution in [0.25, 0.3) is 11.0 Å². The number of benzene rings is 1. The summed E-state index contributed by atoms with van der Waals surface area (Å²) < 4.78 is 16.1. The number of hydrogen-bond donors (Lipinski definition) is 1. The van der Waals surface area contributed by atoms with Gasteiger partial charge in [-0.1, -0.05) is 6.92 Å². The highest BCUT2D eigenvalue weighted by molar-refractivity contribution is 7.17. The van der Waals surface area contributed by atoms with Gasteiger partial charge in [-0.15, -0.1) is 11.3 Å². The molecule has 4 rings (SSSR count). The zero-order valence-corrected chi connectivity index (χ0v) is 19.1. The molecule has 2 heterocycles. The first-order chi connectivity index (χ1) is 15.4. The molecule has 168 valence electrons. The third-order valence-electron chi connectivity index (χ3n) is 5.54. The summed E-state index contributed by atoms with van der Waals surface area (Å²) >= 11 is 1.44. The minimum atomic E-state index is -0.438. The fourth-order valence-corrected chi connectivity index (χ4v) is 5.38. The van der Waals surface area contributed by atoms with Gasteiger partial charge in [0, 0.05) is 22.4 Å². The second-order valence-electron chi connectivity index (χ2n) is 8.02. The van der Waals surface area contributed by atoms with E-state index in [9.17, 15) is 14.4 Å². The third-order valence-corrected chi connectivity index (χ3v) is 6.71. The van der Waals surface area contributed by atoms with Crippen molar-refractivity contribution in [3.05, 3.63) is 56.3 Å². The highest BCUT2D eigenvalue weighted by Gasteiger charge is 2.29. The lowest BCUT2D eigenvalue weighted by Gasteiger charge is -2.18. The molecule has 1 aliphatic rings. The Morgan fingerprint density at radius 1 is 1.28 bits per heavy atom. The second kappa shape index (κ2) is 9.16. The van der Waals surface area contributed by atoms with E-state index < -0.39 is 11.6 Å². The van der Waals surface area contributed by atoms with E-state index in [2.05, 4.69) is 12.2 Å². The first kappa shape index (κ1) is 22.1. The average Bonchev–Trinajstić information content (AvgIpc) is 3.08. The van der Waals surface area contributed by atoms with Crippen LogP contribution < -0.4 is 15.7 Å². The third kappa shape index (κ3) is 4.55. The Balaban J connectivity index is 1.50. The number of hydrogen-bond acceptors (Lipinski definition) is 7. The van der Waals surface area contributed by atoms with Gasteiger partial charge in [-0.25, -0.2) is 9.59 Å². The topological polar surface area (TPSA) is 94.8 Å². The molecular formula is C24H25NO6S. The smallest absolute Gasteiger partial charge is 0.341 e. The molecule has 3 aromatic rings. The molecule has 0 spiro atoms. The number of esters is 1. The molecule has 1 N–H and O–H groups in total. The Hall–Kier alpha value is -3.13. The Morgan fingerprint density at radius 3 is 2.88 bits per heavy atom. The van der Waals surface area contributed by atoms with Crippen molar-refractivity contribution in [2.75, 3.05) is 18.5 Å². The van der Waals surface area contributed by atoms with Crippen molar-refractivity contribution in [1.29, 1.82) is 0 Å². The van der Waals surface area contributed by atoms with Crippen LogP contribution in [0.4, 0.5) is 5.00 Å². The van der Waals surface area contributed by atoms with E-state index in [0.717, 1.165) is 40.7 Å². The van der Waals surface area contributed by atoms with Gasteiger partial charge in [0.25, 0.3) is 5.91 Å². The Bertz CT molecular complexity index is 1240. The average molecular weight is 456 g/mol. The summed E-state index contributed by atoms with van der Waals surface area (Å²) in [6, 6.07) is 6.52. The Morgan fingerprint density at radius 2 is 2.09 bits per heavy atom. The fraction of sp³-hybridized carbons (Fsp3) is 0.375. The molecule has 32 heavy (non-hydrogen) atoms. The number of nitrogens with one attached hydrogen (secondary N) is 1. The van der Waals surface area contributed by atoms with E-state index >= 15 is 0 Å². The maximum absolute atomic E-state index is 12.6. The Kier molecular flexibility index (Phi) is 6.32. The van der Waals surface area contributed by atoms with Crippen molar-refractivity contribution >= 4 is 39.2 Å². The largest absolute Gasteiger partial charge is 0.484 e. The lowest BCUT2D eigenvalue weighted by Crippen LogP contribution is -2.21. The number of rotatable bonds is 6. The molecular weight excluding hydrogens is 430 g/mol. The minimum absolute atomic E-state index is 0.247. The van der Waals surface area contributed by atoms with E-state index in [0.29, 0.717) is 27.8 Å². The number of fused-ring (bicyclic) bond motifs is 2. The lowest BCUT2D eigenvalue weighted by molar-refractivity contribution is -0.118. The SMILES string of the molecule is CCOC(=O)c1c(NC(=O)COc2ccc3c(C)cc(=O)oc3c2)sc2c1CC[C@@H](C)C2. The van der Waals surface area contributed by atoms with Crippen LogP contribution in [-0.2, 0) is 22.4 Å². The molecule has 1 aliphatic carbocycles. The number of thiophene rings is 1.